The summed E-state index contributed by atoms with van der Waals surface area (Å²) in [5, 5.41) is 0. The molecular weight excluding hydrogens is 563 g/mol. The number of unbranched alkanes of at least 4 members (excludes halogenated alkanes) is 15. The maximum atomic E-state index is 4.37. The van der Waals surface area contributed by atoms with E-state index in [1.54, 1.807) is 0 Å². The Bertz CT molecular complexity index is 531. The molecule has 0 aliphatic heterocycles. The van der Waals surface area contributed by atoms with Gasteiger partial charge >= 0.3 is 233 Å². The first-order chi connectivity index (χ1) is 16.5. The molecule has 0 spiro atoms. The number of hydrogen-bond donors (Lipinski definition) is 0. The standard InChI is InChI=1S/C31H57Br2P/c1-4-7-10-13-16-22-27-34(28-23-17-14-11-8-5-2,29-24-18-15-12-9-6-3)31(32,33)30-25-20-19-21-26-30/h19-21,25-26,34H,4-18,22-24,27-29H2,1-3H3. The summed E-state index contributed by atoms with van der Waals surface area (Å²) in [6, 6.07) is 11.3. The van der Waals surface area contributed by atoms with Gasteiger partial charge in [-0.3, -0.25) is 0 Å². The van der Waals surface area contributed by atoms with Gasteiger partial charge in [0, 0.05) is 0 Å². The molecule has 0 N–H and O–H groups in total. The third kappa shape index (κ3) is 12.7. The van der Waals surface area contributed by atoms with Gasteiger partial charge in [0.1, 0.15) is 0 Å². The Hall–Kier alpha value is 0.610. The van der Waals surface area contributed by atoms with Gasteiger partial charge < -0.3 is 0 Å². The van der Waals surface area contributed by atoms with E-state index in [4.69, 9.17) is 0 Å². The normalized spacial score (nSPS) is 12.9. The summed E-state index contributed by atoms with van der Waals surface area (Å²) in [7, 11) is -1.64. The van der Waals surface area contributed by atoms with E-state index < -0.39 is 7.26 Å². The molecule has 0 radical (unpaired) electrons. The van der Waals surface area contributed by atoms with Crippen molar-refractivity contribution in [2.75, 3.05) is 18.5 Å². The van der Waals surface area contributed by atoms with Crippen molar-refractivity contribution in [3.8, 4) is 0 Å². The number of hydrogen-bond acceptors (Lipinski definition) is 0. The van der Waals surface area contributed by atoms with Crippen molar-refractivity contribution in [3.05, 3.63) is 35.9 Å². The molecule has 1 aromatic rings. The average molecular weight is 621 g/mol. The van der Waals surface area contributed by atoms with Crippen molar-refractivity contribution in [1.29, 1.82) is 0 Å². The summed E-state index contributed by atoms with van der Waals surface area (Å²) in [4.78, 5) is 0. The molecule has 0 saturated heterocycles. The molecule has 0 unspecified atom stereocenters. The number of benzene rings is 1. The molecule has 1 aromatic carbocycles. The fourth-order valence-electron chi connectivity index (χ4n) is 5.53. The van der Waals surface area contributed by atoms with Gasteiger partial charge in [0.05, 0.1) is 0 Å². The fourth-order valence-corrected chi connectivity index (χ4v) is 14.9. The molecule has 200 valence electrons. The van der Waals surface area contributed by atoms with Crippen molar-refractivity contribution >= 4 is 39.1 Å². The van der Waals surface area contributed by atoms with E-state index >= 15 is 0 Å². The molecule has 0 aromatic heterocycles. The van der Waals surface area contributed by atoms with Gasteiger partial charge in [0.15, 0.2) is 0 Å². The van der Waals surface area contributed by atoms with Crippen LogP contribution < -0.4 is 0 Å². The SMILES string of the molecule is CCCCCCCC[PH](CCCCCCCC)(CCCCCCCC)C(Br)(Br)c1ccccc1. The minimum atomic E-state index is -1.64. The summed E-state index contributed by atoms with van der Waals surface area (Å²) >= 11 is 8.75. The van der Waals surface area contributed by atoms with Crippen LogP contribution in [-0.4, -0.2) is 18.5 Å². The first-order valence-corrected chi connectivity index (χ1v) is 19.2. The van der Waals surface area contributed by atoms with Gasteiger partial charge in [-0.1, -0.05) is 0 Å². The quantitative estimate of drug-likeness (QED) is 0.0649. The Labute approximate surface area is 231 Å². The Morgan fingerprint density at radius 2 is 0.824 bits per heavy atom. The van der Waals surface area contributed by atoms with E-state index in [0.717, 1.165) is 0 Å². The number of alkyl halides is 2. The second-order valence-electron chi connectivity index (χ2n) is 10.8. The van der Waals surface area contributed by atoms with Gasteiger partial charge in [-0.2, -0.15) is 0 Å². The van der Waals surface area contributed by atoms with Crippen LogP contribution >= 0.6 is 39.1 Å². The van der Waals surface area contributed by atoms with Crippen molar-refractivity contribution in [1.82, 2.24) is 0 Å². The number of rotatable bonds is 23. The molecule has 0 aliphatic rings. The van der Waals surface area contributed by atoms with E-state index in [-0.39, 0.29) is 2.97 Å². The zero-order valence-corrected chi connectivity index (χ0v) is 27.2. The van der Waals surface area contributed by atoms with Crippen molar-refractivity contribution in [2.45, 2.75) is 139 Å². The van der Waals surface area contributed by atoms with Crippen LogP contribution in [0.1, 0.15) is 142 Å². The van der Waals surface area contributed by atoms with Crippen LogP contribution in [0.5, 0.6) is 0 Å². The van der Waals surface area contributed by atoms with E-state index in [2.05, 4.69) is 83.0 Å². The van der Waals surface area contributed by atoms with Gasteiger partial charge in [0.25, 0.3) is 0 Å². The van der Waals surface area contributed by atoms with Crippen LogP contribution in [0.2, 0.25) is 0 Å². The van der Waals surface area contributed by atoms with Crippen LogP contribution in [-0.2, 0) is 2.97 Å². The Balaban J connectivity index is 2.95. The Morgan fingerprint density at radius 1 is 0.500 bits per heavy atom. The summed E-state index contributed by atoms with van der Waals surface area (Å²) < 4.78 is 0.00448. The molecule has 0 aliphatic carbocycles. The maximum absolute atomic E-state index is 4.37. The molecule has 0 atom stereocenters. The second kappa shape index (κ2) is 20.6. The van der Waals surface area contributed by atoms with E-state index in [1.165, 1.54) is 140 Å². The van der Waals surface area contributed by atoms with Gasteiger partial charge in [0.2, 0.25) is 0 Å². The van der Waals surface area contributed by atoms with Crippen LogP contribution in [0.25, 0.3) is 0 Å². The number of halogens is 2. The first-order valence-electron chi connectivity index (χ1n) is 15.0. The molecule has 0 heterocycles. The summed E-state index contributed by atoms with van der Waals surface area (Å²) in [5.41, 5.74) is 1.46. The first kappa shape index (κ1) is 32.6. The van der Waals surface area contributed by atoms with Gasteiger partial charge in [-0.25, -0.2) is 0 Å². The monoisotopic (exact) mass is 618 g/mol. The van der Waals surface area contributed by atoms with E-state index in [9.17, 15) is 0 Å². The summed E-state index contributed by atoms with van der Waals surface area (Å²) in [6.45, 7) is 6.97. The minimum absolute atomic E-state index is 0.00448. The second-order valence-corrected chi connectivity index (χ2v) is 20.5. The molecular formula is C31H57Br2P. The van der Waals surface area contributed by atoms with Crippen molar-refractivity contribution in [3.63, 3.8) is 0 Å². The molecule has 0 bridgehead atoms. The third-order valence-electron chi connectivity index (χ3n) is 7.83. The van der Waals surface area contributed by atoms with Gasteiger partial charge in [-0.05, 0) is 0 Å². The Morgan fingerprint density at radius 3 is 1.18 bits per heavy atom. The topological polar surface area (TPSA) is 0 Å². The summed E-state index contributed by atoms with van der Waals surface area (Å²) in [5.74, 6) is 0. The molecule has 1 rings (SSSR count). The third-order valence-corrected chi connectivity index (χ3v) is 19.3. The molecule has 3 heteroatoms. The summed E-state index contributed by atoms with van der Waals surface area (Å²) in [6.07, 6.45) is 29.7. The fraction of sp³-hybridized carbons (Fsp3) is 0.806. The molecule has 0 amide bonds. The van der Waals surface area contributed by atoms with Crippen LogP contribution in [0.4, 0.5) is 0 Å². The average Bonchev–Trinajstić information content (AvgIpc) is 2.85. The van der Waals surface area contributed by atoms with Crippen LogP contribution in [0.15, 0.2) is 30.3 Å². The van der Waals surface area contributed by atoms with Crippen LogP contribution in [0.3, 0.4) is 0 Å². The van der Waals surface area contributed by atoms with Crippen molar-refractivity contribution < 1.29 is 0 Å². The molecule has 0 saturated carbocycles. The Kier molecular flexibility index (Phi) is 19.8. The molecule has 0 fully saturated rings. The van der Waals surface area contributed by atoms with E-state index in [0.29, 0.717) is 0 Å². The predicted octanol–water partition coefficient (Wildman–Crippen LogP) is 12.4. The van der Waals surface area contributed by atoms with Crippen LogP contribution in [0, 0.1) is 0 Å². The van der Waals surface area contributed by atoms with E-state index in [1.807, 2.05) is 0 Å². The predicted molar refractivity (Wildman–Crippen MR) is 169 cm³/mol. The molecule has 0 nitrogen and oxygen atoms in total. The van der Waals surface area contributed by atoms with Gasteiger partial charge in [-0.15, -0.1) is 0 Å². The zero-order valence-electron chi connectivity index (χ0n) is 23.0. The van der Waals surface area contributed by atoms with Crippen molar-refractivity contribution in [2.24, 2.45) is 0 Å². The molecule has 34 heavy (non-hydrogen) atoms. The zero-order chi connectivity index (χ0) is 25.0.